The van der Waals surface area contributed by atoms with Gasteiger partial charge in [-0.3, -0.25) is 9.59 Å². The number of anilines is 1. The first kappa shape index (κ1) is 16.3. The number of aromatic nitrogens is 1. The summed E-state index contributed by atoms with van der Waals surface area (Å²) >= 11 is 3.34. The number of amides is 2. The number of carbonyl (C=O) groups excluding carboxylic acids is 2. The Bertz CT molecular complexity index is 694. The molecule has 0 saturated carbocycles. The SMILES string of the molecule is CCCNC(=O)c1cccc(NC(=O)c2cc(Br)cn2C)c1. The van der Waals surface area contributed by atoms with Gasteiger partial charge in [-0.05, 0) is 46.6 Å². The maximum absolute atomic E-state index is 12.2. The van der Waals surface area contributed by atoms with Gasteiger partial charge < -0.3 is 15.2 Å². The highest BCUT2D eigenvalue weighted by Crippen LogP contribution is 2.16. The molecule has 1 heterocycles. The molecular weight excluding hydrogens is 346 g/mol. The van der Waals surface area contributed by atoms with Crippen LogP contribution in [-0.2, 0) is 7.05 Å². The van der Waals surface area contributed by atoms with Gasteiger partial charge in [-0.15, -0.1) is 0 Å². The highest BCUT2D eigenvalue weighted by Gasteiger charge is 2.12. The lowest BCUT2D eigenvalue weighted by Crippen LogP contribution is -2.24. The Balaban J connectivity index is 2.11. The van der Waals surface area contributed by atoms with Crippen LogP contribution < -0.4 is 10.6 Å². The third-order valence-electron chi connectivity index (χ3n) is 3.12. The van der Waals surface area contributed by atoms with Gasteiger partial charge in [-0.1, -0.05) is 13.0 Å². The molecule has 0 aliphatic heterocycles. The Hall–Kier alpha value is -2.08. The monoisotopic (exact) mass is 363 g/mol. The summed E-state index contributed by atoms with van der Waals surface area (Å²) in [5, 5.41) is 5.61. The van der Waals surface area contributed by atoms with Gasteiger partial charge in [0.05, 0.1) is 0 Å². The van der Waals surface area contributed by atoms with Crippen molar-refractivity contribution < 1.29 is 9.59 Å². The van der Waals surface area contributed by atoms with Crippen molar-refractivity contribution in [1.82, 2.24) is 9.88 Å². The molecule has 1 aromatic carbocycles. The Morgan fingerprint density at radius 2 is 2.00 bits per heavy atom. The van der Waals surface area contributed by atoms with Gasteiger partial charge in [0.2, 0.25) is 0 Å². The largest absolute Gasteiger partial charge is 0.352 e. The molecule has 0 aliphatic rings. The number of benzene rings is 1. The van der Waals surface area contributed by atoms with Gasteiger partial charge in [-0.2, -0.15) is 0 Å². The van der Waals surface area contributed by atoms with Crippen molar-refractivity contribution in [2.24, 2.45) is 7.05 Å². The predicted octanol–water partition coefficient (Wildman–Crippen LogP) is 3.18. The van der Waals surface area contributed by atoms with E-state index in [1.807, 2.05) is 13.1 Å². The molecule has 0 aliphatic carbocycles. The second-order valence-electron chi connectivity index (χ2n) is 4.95. The maximum atomic E-state index is 12.2. The summed E-state index contributed by atoms with van der Waals surface area (Å²) in [6.45, 7) is 2.63. The Kier molecular flexibility index (Phi) is 5.38. The van der Waals surface area contributed by atoms with E-state index >= 15 is 0 Å². The molecule has 0 unspecified atom stereocenters. The minimum atomic E-state index is -0.223. The molecule has 0 spiro atoms. The number of carbonyl (C=O) groups is 2. The first-order valence-electron chi connectivity index (χ1n) is 7.02. The highest BCUT2D eigenvalue weighted by atomic mass is 79.9. The van der Waals surface area contributed by atoms with Gasteiger partial charge in [-0.25, -0.2) is 0 Å². The molecule has 2 rings (SSSR count). The molecule has 2 N–H and O–H groups in total. The molecule has 6 heteroatoms. The average molecular weight is 364 g/mol. The lowest BCUT2D eigenvalue weighted by atomic mass is 10.2. The third-order valence-corrected chi connectivity index (χ3v) is 3.56. The summed E-state index contributed by atoms with van der Waals surface area (Å²) in [4.78, 5) is 24.2. The molecule has 5 nitrogen and oxygen atoms in total. The summed E-state index contributed by atoms with van der Waals surface area (Å²) in [5.41, 5.74) is 1.65. The van der Waals surface area contributed by atoms with Gasteiger partial charge >= 0.3 is 0 Å². The smallest absolute Gasteiger partial charge is 0.272 e. The topological polar surface area (TPSA) is 63.1 Å². The predicted molar refractivity (Wildman–Crippen MR) is 90.1 cm³/mol. The van der Waals surface area contributed by atoms with E-state index < -0.39 is 0 Å². The average Bonchev–Trinajstić information content (AvgIpc) is 2.84. The van der Waals surface area contributed by atoms with Crippen LogP contribution in [-0.4, -0.2) is 22.9 Å². The van der Waals surface area contributed by atoms with Crippen molar-refractivity contribution >= 4 is 33.4 Å². The first-order chi connectivity index (χ1) is 10.5. The second kappa shape index (κ2) is 7.26. The minimum Gasteiger partial charge on any atom is -0.352 e. The molecule has 0 saturated heterocycles. The summed E-state index contributed by atoms with van der Waals surface area (Å²) in [7, 11) is 1.80. The van der Waals surface area contributed by atoms with Crippen molar-refractivity contribution in [3.8, 4) is 0 Å². The van der Waals surface area contributed by atoms with Crippen LogP contribution in [0.4, 0.5) is 5.69 Å². The van der Waals surface area contributed by atoms with Crippen molar-refractivity contribution in [1.29, 1.82) is 0 Å². The highest BCUT2D eigenvalue weighted by molar-refractivity contribution is 9.10. The summed E-state index contributed by atoms with van der Waals surface area (Å²) in [6.07, 6.45) is 2.69. The molecule has 0 fully saturated rings. The Labute approximate surface area is 137 Å². The zero-order valence-electron chi connectivity index (χ0n) is 12.5. The van der Waals surface area contributed by atoms with E-state index in [0.29, 0.717) is 23.5 Å². The molecule has 22 heavy (non-hydrogen) atoms. The number of halogens is 1. The lowest BCUT2D eigenvalue weighted by Gasteiger charge is -2.08. The maximum Gasteiger partial charge on any atom is 0.272 e. The normalized spacial score (nSPS) is 10.3. The van der Waals surface area contributed by atoms with E-state index in [-0.39, 0.29) is 11.8 Å². The Morgan fingerprint density at radius 3 is 2.64 bits per heavy atom. The van der Waals surface area contributed by atoms with Crippen molar-refractivity contribution in [3.05, 3.63) is 52.3 Å². The van der Waals surface area contributed by atoms with Crippen LogP contribution in [0.5, 0.6) is 0 Å². The van der Waals surface area contributed by atoms with Crippen LogP contribution in [0, 0.1) is 0 Å². The van der Waals surface area contributed by atoms with Gasteiger partial charge in [0.1, 0.15) is 5.69 Å². The fourth-order valence-corrected chi connectivity index (χ4v) is 2.55. The second-order valence-corrected chi connectivity index (χ2v) is 5.86. The van der Waals surface area contributed by atoms with Crippen molar-refractivity contribution in [2.45, 2.75) is 13.3 Å². The molecule has 2 amide bonds. The van der Waals surface area contributed by atoms with Crippen LogP contribution in [0.3, 0.4) is 0 Å². The number of hydrogen-bond acceptors (Lipinski definition) is 2. The zero-order valence-corrected chi connectivity index (χ0v) is 14.1. The quantitative estimate of drug-likeness (QED) is 0.856. The molecular formula is C16H18BrN3O2. The van der Waals surface area contributed by atoms with Crippen LogP contribution in [0.1, 0.15) is 34.2 Å². The van der Waals surface area contributed by atoms with Crippen LogP contribution in [0.2, 0.25) is 0 Å². The molecule has 1 aromatic heterocycles. The fraction of sp³-hybridized carbons (Fsp3) is 0.250. The molecule has 116 valence electrons. The van der Waals surface area contributed by atoms with Gasteiger partial charge in [0.25, 0.3) is 11.8 Å². The van der Waals surface area contributed by atoms with Crippen LogP contribution >= 0.6 is 15.9 Å². The number of nitrogens with zero attached hydrogens (tertiary/aromatic N) is 1. The van der Waals surface area contributed by atoms with E-state index in [2.05, 4.69) is 26.6 Å². The first-order valence-corrected chi connectivity index (χ1v) is 7.82. The third kappa shape index (κ3) is 3.98. The van der Waals surface area contributed by atoms with Crippen molar-refractivity contribution in [2.75, 3.05) is 11.9 Å². The number of rotatable bonds is 5. The lowest BCUT2D eigenvalue weighted by molar-refractivity contribution is 0.0952. The van der Waals surface area contributed by atoms with E-state index in [9.17, 15) is 9.59 Å². The summed E-state index contributed by atoms with van der Waals surface area (Å²) in [6, 6.07) is 8.64. The van der Waals surface area contributed by atoms with Gasteiger partial charge in [0, 0.05) is 35.5 Å². The number of aryl methyl sites for hydroxylation is 1. The number of hydrogen-bond donors (Lipinski definition) is 2. The van der Waals surface area contributed by atoms with E-state index in [0.717, 1.165) is 10.9 Å². The van der Waals surface area contributed by atoms with E-state index in [1.165, 1.54) is 0 Å². The molecule has 0 radical (unpaired) electrons. The summed E-state index contributed by atoms with van der Waals surface area (Å²) < 4.78 is 2.57. The van der Waals surface area contributed by atoms with Crippen molar-refractivity contribution in [3.63, 3.8) is 0 Å². The molecule has 2 aromatic rings. The standard InChI is InChI=1S/C16H18BrN3O2/c1-3-7-18-15(21)11-5-4-6-13(8-11)19-16(22)14-9-12(17)10-20(14)2/h4-6,8-10H,3,7H2,1-2H3,(H,18,21)(H,19,22). The summed E-state index contributed by atoms with van der Waals surface area (Å²) in [5.74, 6) is -0.362. The van der Waals surface area contributed by atoms with E-state index in [1.54, 1.807) is 41.9 Å². The van der Waals surface area contributed by atoms with E-state index in [4.69, 9.17) is 0 Å². The van der Waals surface area contributed by atoms with Crippen LogP contribution in [0.15, 0.2) is 41.0 Å². The zero-order chi connectivity index (χ0) is 16.1. The fourth-order valence-electron chi connectivity index (χ4n) is 2.02. The molecule has 0 atom stereocenters. The minimum absolute atomic E-state index is 0.139. The Morgan fingerprint density at radius 1 is 1.23 bits per heavy atom. The van der Waals surface area contributed by atoms with Gasteiger partial charge in [0.15, 0.2) is 0 Å². The number of nitrogens with one attached hydrogen (secondary N) is 2. The van der Waals surface area contributed by atoms with Crippen LogP contribution in [0.25, 0.3) is 0 Å². The molecule has 0 bridgehead atoms.